The Kier molecular flexibility index (Phi) is 2.32. The van der Waals surface area contributed by atoms with Crippen molar-refractivity contribution in [2.24, 2.45) is 0 Å². The number of para-hydroxylation sites is 1. The third-order valence-electron chi connectivity index (χ3n) is 2.29. The van der Waals surface area contributed by atoms with E-state index in [1.54, 1.807) is 18.2 Å². The molecule has 0 aliphatic carbocycles. The zero-order valence-corrected chi connectivity index (χ0v) is 8.25. The van der Waals surface area contributed by atoms with Crippen molar-refractivity contribution in [3.8, 4) is 34.1 Å². The van der Waals surface area contributed by atoms with Gasteiger partial charge in [0.15, 0.2) is 11.5 Å². The standard InChI is InChI=1S/C12H10O4/c13-9-4-2-1-3-7(9)8-5-11(15)12(16)6-10(8)14/h1-6,13-16H. The molecule has 2 rings (SSSR count). The monoisotopic (exact) mass is 218 g/mol. The SMILES string of the molecule is Oc1cc(O)c(-c2ccccc2O)cc1O. The van der Waals surface area contributed by atoms with Crippen molar-refractivity contribution in [1.82, 2.24) is 0 Å². The molecule has 0 amide bonds. The molecule has 0 spiro atoms. The lowest BCUT2D eigenvalue weighted by Gasteiger charge is -2.08. The van der Waals surface area contributed by atoms with Crippen LogP contribution in [0.2, 0.25) is 0 Å². The predicted octanol–water partition coefficient (Wildman–Crippen LogP) is 2.18. The van der Waals surface area contributed by atoms with Crippen molar-refractivity contribution < 1.29 is 20.4 Å². The second kappa shape index (κ2) is 3.66. The third-order valence-corrected chi connectivity index (χ3v) is 2.29. The number of hydrogen-bond donors (Lipinski definition) is 4. The highest BCUT2D eigenvalue weighted by Gasteiger charge is 2.12. The summed E-state index contributed by atoms with van der Waals surface area (Å²) in [6.07, 6.45) is 0. The molecule has 4 heteroatoms. The van der Waals surface area contributed by atoms with Gasteiger partial charge in [0.05, 0.1) is 0 Å². The van der Waals surface area contributed by atoms with Gasteiger partial charge in [0.2, 0.25) is 0 Å². The van der Waals surface area contributed by atoms with Gasteiger partial charge in [0.25, 0.3) is 0 Å². The van der Waals surface area contributed by atoms with Crippen molar-refractivity contribution >= 4 is 0 Å². The summed E-state index contributed by atoms with van der Waals surface area (Å²) in [5.74, 6) is -0.979. The molecule has 0 unspecified atom stereocenters. The van der Waals surface area contributed by atoms with E-state index in [4.69, 9.17) is 5.11 Å². The maximum Gasteiger partial charge on any atom is 0.161 e. The Bertz CT molecular complexity index is 535. The van der Waals surface area contributed by atoms with Gasteiger partial charge >= 0.3 is 0 Å². The average molecular weight is 218 g/mol. The predicted molar refractivity (Wildman–Crippen MR) is 58.5 cm³/mol. The van der Waals surface area contributed by atoms with E-state index in [1.807, 2.05) is 0 Å². The quantitative estimate of drug-likeness (QED) is 0.437. The molecule has 0 fully saturated rings. The number of rotatable bonds is 1. The number of hydrogen-bond acceptors (Lipinski definition) is 4. The van der Waals surface area contributed by atoms with Crippen molar-refractivity contribution in [2.75, 3.05) is 0 Å². The topological polar surface area (TPSA) is 80.9 Å². The second-order valence-electron chi connectivity index (χ2n) is 3.38. The Balaban J connectivity index is 2.65. The van der Waals surface area contributed by atoms with Crippen molar-refractivity contribution in [2.45, 2.75) is 0 Å². The summed E-state index contributed by atoms with van der Waals surface area (Å²) in [6.45, 7) is 0. The highest BCUT2D eigenvalue weighted by molar-refractivity contribution is 5.77. The maximum atomic E-state index is 9.61. The lowest BCUT2D eigenvalue weighted by atomic mass is 10.0. The van der Waals surface area contributed by atoms with Gasteiger partial charge < -0.3 is 20.4 Å². The summed E-state index contributed by atoms with van der Waals surface area (Å²) in [5.41, 5.74) is 0.642. The Morgan fingerprint density at radius 1 is 0.562 bits per heavy atom. The van der Waals surface area contributed by atoms with E-state index in [1.165, 1.54) is 12.1 Å². The van der Waals surface area contributed by atoms with Crippen LogP contribution in [0.1, 0.15) is 0 Å². The van der Waals surface area contributed by atoms with Crippen LogP contribution in [0.3, 0.4) is 0 Å². The molecule has 0 aromatic heterocycles. The molecule has 0 radical (unpaired) electrons. The fourth-order valence-corrected chi connectivity index (χ4v) is 1.48. The molecule has 0 atom stereocenters. The van der Waals surface area contributed by atoms with Crippen LogP contribution in [0.25, 0.3) is 11.1 Å². The van der Waals surface area contributed by atoms with Gasteiger partial charge in [-0.3, -0.25) is 0 Å². The molecule has 82 valence electrons. The Hall–Kier alpha value is -2.36. The van der Waals surface area contributed by atoms with Gasteiger partial charge in [-0.25, -0.2) is 0 Å². The Morgan fingerprint density at radius 2 is 1.19 bits per heavy atom. The number of benzene rings is 2. The molecule has 0 bridgehead atoms. The summed E-state index contributed by atoms with van der Waals surface area (Å²) in [7, 11) is 0. The normalized spacial score (nSPS) is 10.2. The number of phenolic OH excluding ortho intramolecular Hbond substituents is 4. The van der Waals surface area contributed by atoms with Gasteiger partial charge in [0, 0.05) is 17.2 Å². The molecule has 2 aromatic rings. The molecule has 2 aromatic carbocycles. The smallest absolute Gasteiger partial charge is 0.161 e. The molecule has 0 aliphatic heterocycles. The zero-order valence-electron chi connectivity index (χ0n) is 8.25. The first kappa shape index (κ1) is 10.2. The minimum atomic E-state index is -0.406. The fraction of sp³-hybridized carbons (Fsp3) is 0. The zero-order chi connectivity index (χ0) is 11.7. The maximum absolute atomic E-state index is 9.61. The van der Waals surface area contributed by atoms with Gasteiger partial charge in [-0.2, -0.15) is 0 Å². The summed E-state index contributed by atoms with van der Waals surface area (Å²) >= 11 is 0. The molecular weight excluding hydrogens is 208 g/mol. The van der Waals surface area contributed by atoms with Crippen molar-refractivity contribution in [3.63, 3.8) is 0 Å². The second-order valence-corrected chi connectivity index (χ2v) is 3.38. The minimum absolute atomic E-state index is 0.0112. The Morgan fingerprint density at radius 3 is 1.88 bits per heavy atom. The van der Waals surface area contributed by atoms with Crippen LogP contribution in [-0.4, -0.2) is 20.4 Å². The van der Waals surface area contributed by atoms with E-state index in [-0.39, 0.29) is 22.8 Å². The summed E-state index contributed by atoms with van der Waals surface area (Å²) < 4.78 is 0. The molecule has 4 N–H and O–H groups in total. The van der Waals surface area contributed by atoms with Crippen molar-refractivity contribution in [1.29, 1.82) is 0 Å². The van der Waals surface area contributed by atoms with Gasteiger partial charge in [0.1, 0.15) is 11.5 Å². The summed E-state index contributed by atoms with van der Waals surface area (Å²) in [6, 6.07) is 8.63. The largest absolute Gasteiger partial charge is 0.507 e. The first-order chi connectivity index (χ1) is 7.59. The third kappa shape index (κ3) is 1.61. The van der Waals surface area contributed by atoms with Crippen LogP contribution < -0.4 is 0 Å². The van der Waals surface area contributed by atoms with Gasteiger partial charge in [-0.15, -0.1) is 0 Å². The summed E-state index contributed by atoms with van der Waals surface area (Å²) in [4.78, 5) is 0. The minimum Gasteiger partial charge on any atom is -0.507 e. The molecule has 0 heterocycles. The summed E-state index contributed by atoms with van der Waals surface area (Å²) in [5, 5.41) is 37.7. The number of aromatic hydroxyl groups is 4. The van der Waals surface area contributed by atoms with E-state index >= 15 is 0 Å². The lowest BCUT2D eigenvalue weighted by Crippen LogP contribution is -1.81. The van der Waals surface area contributed by atoms with Gasteiger partial charge in [-0.1, -0.05) is 18.2 Å². The van der Waals surface area contributed by atoms with E-state index in [0.717, 1.165) is 6.07 Å². The van der Waals surface area contributed by atoms with Crippen LogP contribution in [0.4, 0.5) is 0 Å². The average Bonchev–Trinajstić information content (AvgIpc) is 2.25. The molecular formula is C12H10O4. The molecule has 0 aliphatic rings. The van der Waals surface area contributed by atoms with Crippen LogP contribution in [0.15, 0.2) is 36.4 Å². The highest BCUT2D eigenvalue weighted by atomic mass is 16.3. The van der Waals surface area contributed by atoms with E-state index in [2.05, 4.69) is 0 Å². The van der Waals surface area contributed by atoms with Crippen LogP contribution in [0, 0.1) is 0 Å². The first-order valence-electron chi connectivity index (χ1n) is 4.63. The fourth-order valence-electron chi connectivity index (χ4n) is 1.48. The molecule has 4 nitrogen and oxygen atoms in total. The van der Waals surface area contributed by atoms with Crippen LogP contribution >= 0.6 is 0 Å². The number of phenols is 4. The van der Waals surface area contributed by atoms with Crippen LogP contribution in [-0.2, 0) is 0 Å². The van der Waals surface area contributed by atoms with Gasteiger partial charge in [-0.05, 0) is 12.1 Å². The van der Waals surface area contributed by atoms with Crippen LogP contribution in [0.5, 0.6) is 23.0 Å². The Labute approximate surface area is 91.7 Å². The van der Waals surface area contributed by atoms with E-state index < -0.39 is 5.75 Å². The van der Waals surface area contributed by atoms with Crippen molar-refractivity contribution in [3.05, 3.63) is 36.4 Å². The van der Waals surface area contributed by atoms with E-state index in [9.17, 15) is 15.3 Å². The molecule has 0 saturated heterocycles. The first-order valence-corrected chi connectivity index (χ1v) is 4.63. The lowest BCUT2D eigenvalue weighted by molar-refractivity contribution is 0.397. The van der Waals surface area contributed by atoms with E-state index in [0.29, 0.717) is 5.56 Å². The molecule has 0 saturated carbocycles. The molecule has 16 heavy (non-hydrogen) atoms. The highest BCUT2D eigenvalue weighted by Crippen LogP contribution is 2.40.